The summed E-state index contributed by atoms with van der Waals surface area (Å²) >= 11 is 5.98. The highest BCUT2D eigenvalue weighted by Crippen LogP contribution is 2.18. The highest BCUT2D eigenvalue weighted by Gasteiger charge is 2.18. The number of halogens is 1. The summed E-state index contributed by atoms with van der Waals surface area (Å²) in [6.07, 6.45) is 0. The maximum Gasteiger partial charge on any atom is 0.254 e. The third kappa shape index (κ3) is 6.61. The molecular formula is C21H25ClN2O3. The quantitative estimate of drug-likeness (QED) is 0.746. The zero-order valence-corrected chi connectivity index (χ0v) is 16.6. The minimum absolute atomic E-state index is 0.0289. The molecule has 0 aromatic heterocycles. The van der Waals surface area contributed by atoms with E-state index in [-0.39, 0.29) is 24.4 Å². The number of amides is 2. The molecule has 2 rings (SSSR count). The molecule has 27 heavy (non-hydrogen) atoms. The second kappa shape index (κ2) is 9.97. The molecule has 0 fully saturated rings. The first-order valence-corrected chi connectivity index (χ1v) is 9.32. The van der Waals surface area contributed by atoms with Crippen LogP contribution in [0.15, 0.2) is 48.5 Å². The monoisotopic (exact) mass is 388 g/mol. The molecule has 0 radical (unpaired) electrons. The lowest BCUT2D eigenvalue weighted by molar-refractivity contribution is -0.122. The molecule has 0 saturated carbocycles. The van der Waals surface area contributed by atoms with Crippen LogP contribution in [0.1, 0.15) is 36.7 Å². The van der Waals surface area contributed by atoms with E-state index in [0.717, 1.165) is 5.56 Å². The maximum atomic E-state index is 12.7. The van der Waals surface area contributed by atoms with Gasteiger partial charge >= 0.3 is 0 Å². The standard InChI is InChI=1S/C21H25ClN2O3/c1-4-24(13-20(25)23-15(2)3)21(26)17-8-6-10-19(12-17)27-14-16-7-5-9-18(22)11-16/h5-12,15H,4,13-14H2,1-3H3,(H,23,25). The van der Waals surface area contributed by atoms with Gasteiger partial charge in [-0.3, -0.25) is 9.59 Å². The van der Waals surface area contributed by atoms with Crippen LogP contribution in [-0.2, 0) is 11.4 Å². The van der Waals surface area contributed by atoms with Crippen LogP contribution in [0.2, 0.25) is 5.02 Å². The summed E-state index contributed by atoms with van der Waals surface area (Å²) in [5, 5.41) is 3.45. The number of hydrogen-bond acceptors (Lipinski definition) is 3. The van der Waals surface area contributed by atoms with Gasteiger partial charge in [0.1, 0.15) is 12.4 Å². The molecule has 0 bridgehead atoms. The zero-order valence-electron chi connectivity index (χ0n) is 15.9. The second-order valence-electron chi connectivity index (χ2n) is 6.49. The lowest BCUT2D eigenvalue weighted by Crippen LogP contribution is -2.42. The molecule has 0 aliphatic heterocycles. The second-order valence-corrected chi connectivity index (χ2v) is 6.92. The number of nitrogens with one attached hydrogen (secondary N) is 1. The van der Waals surface area contributed by atoms with Gasteiger partial charge in [0, 0.05) is 23.2 Å². The van der Waals surface area contributed by atoms with Crippen LogP contribution >= 0.6 is 11.6 Å². The number of rotatable bonds is 8. The summed E-state index contributed by atoms with van der Waals surface area (Å²) in [5.41, 5.74) is 1.43. The van der Waals surface area contributed by atoms with Crippen molar-refractivity contribution in [2.45, 2.75) is 33.4 Å². The summed E-state index contributed by atoms with van der Waals surface area (Å²) in [6.45, 7) is 6.44. The molecule has 144 valence electrons. The number of likely N-dealkylation sites (N-methyl/N-ethyl adjacent to an activating group) is 1. The molecule has 0 heterocycles. The van der Waals surface area contributed by atoms with Gasteiger partial charge in [-0.2, -0.15) is 0 Å². The summed E-state index contributed by atoms with van der Waals surface area (Å²) in [7, 11) is 0. The van der Waals surface area contributed by atoms with E-state index < -0.39 is 0 Å². The van der Waals surface area contributed by atoms with Crippen molar-refractivity contribution in [3.05, 3.63) is 64.7 Å². The third-order valence-electron chi connectivity index (χ3n) is 3.83. The average Bonchev–Trinajstić information content (AvgIpc) is 2.63. The van der Waals surface area contributed by atoms with Crippen LogP contribution in [0.25, 0.3) is 0 Å². The van der Waals surface area contributed by atoms with Crippen LogP contribution in [0.5, 0.6) is 5.75 Å². The van der Waals surface area contributed by atoms with E-state index in [0.29, 0.717) is 29.5 Å². The number of carbonyl (C=O) groups excluding carboxylic acids is 2. The Morgan fingerprint density at radius 2 is 1.89 bits per heavy atom. The summed E-state index contributed by atoms with van der Waals surface area (Å²) in [6, 6.07) is 14.4. The van der Waals surface area contributed by atoms with Gasteiger partial charge in [0.25, 0.3) is 5.91 Å². The van der Waals surface area contributed by atoms with Gasteiger partial charge in [0.2, 0.25) is 5.91 Å². The van der Waals surface area contributed by atoms with E-state index in [2.05, 4.69) is 5.32 Å². The van der Waals surface area contributed by atoms with E-state index in [1.165, 1.54) is 4.90 Å². The third-order valence-corrected chi connectivity index (χ3v) is 4.06. The first kappa shape index (κ1) is 20.8. The van der Waals surface area contributed by atoms with E-state index in [1.54, 1.807) is 30.3 Å². The minimum atomic E-state index is -0.204. The first-order chi connectivity index (χ1) is 12.9. The number of hydrogen-bond donors (Lipinski definition) is 1. The maximum absolute atomic E-state index is 12.7. The fourth-order valence-electron chi connectivity index (χ4n) is 2.56. The van der Waals surface area contributed by atoms with Gasteiger partial charge in [0.05, 0.1) is 6.54 Å². The Morgan fingerprint density at radius 3 is 2.56 bits per heavy atom. The normalized spacial score (nSPS) is 10.6. The molecule has 2 aromatic carbocycles. The van der Waals surface area contributed by atoms with Crippen molar-refractivity contribution in [1.29, 1.82) is 0 Å². The van der Waals surface area contributed by atoms with Crippen molar-refractivity contribution < 1.29 is 14.3 Å². The highest BCUT2D eigenvalue weighted by atomic mass is 35.5. The Bertz CT molecular complexity index is 793. The molecule has 0 atom stereocenters. The van der Waals surface area contributed by atoms with Crippen molar-refractivity contribution in [1.82, 2.24) is 10.2 Å². The Labute approximate surface area is 165 Å². The zero-order chi connectivity index (χ0) is 19.8. The lowest BCUT2D eigenvalue weighted by Gasteiger charge is -2.21. The van der Waals surface area contributed by atoms with Crippen LogP contribution in [-0.4, -0.2) is 35.8 Å². The largest absolute Gasteiger partial charge is 0.489 e. The molecular weight excluding hydrogens is 364 g/mol. The van der Waals surface area contributed by atoms with Crippen molar-refractivity contribution >= 4 is 23.4 Å². The molecule has 2 amide bonds. The molecule has 2 aromatic rings. The van der Waals surface area contributed by atoms with E-state index in [9.17, 15) is 9.59 Å². The Kier molecular flexibility index (Phi) is 7.67. The van der Waals surface area contributed by atoms with Gasteiger partial charge in [-0.05, 0) is 56.7 Å². The topological polar surface area (TPSA) is 58.6 Å². The number of nitrogens with zero attached hydrogens (tertiary/aromatic N) is 1. The molecule has 6 heteroatoms. The summed E-state index contributed by atoms with van der Waals surface area (Å²) in [5.74, 6) is 0.210. The van der Waals surface area contributed by atoms with Gasteiger partial charge < -0.3 is 15.0 Å². The van der Waals surface area contributed by atoms with Crippen LogP contribution in [0, 0.1) is 0 Å². The molecule has 0 aliphatic carbocycles. The molecule has 5 nitrogen and oxygen atoms in total. The molecule has 0 saturated heterocycles. The summed E-state index contributed by atoms with van der Waals surface area (Å²) in [4.78, 5) is 26.2. The van der Waals surface area contributed by atoms with Gasteiger partial charge in [-0.15, -0.1) is 0 Å². The van der Waals surface area contributed by atoms with E-state index >= 15 is 0 Å². The Balaban J connectivity index is 2.03. The Morgan fingerprint density at radius 1 is 1.15 bits per heavy atom. The first-order valence-electron chi connectivity index (χ1n) is 8.95. The number of ether oxygens (including phenoxy) is 1. The molecule has 0 unspecified atom stereocenters. The predicted molar refractivity (Wildman–Crippen MR) is 107 cm³/mol. The van der Waals surface area contributed by atoms with Gasteiger partial charge in [0.15, 0.2) is 0 Å². The van der Waals surface area contributed by atoms with Crippen molar-refractivity contribution in [2.75, 3.05) is 13.1 Å². The number of carbonyl (C=O) groups is 2. The Hall–Kier alpha value is -2.53. The van der Waals surface area contributed by atoms with Crippen LogP contribution in [0.3, 0.4) is 0 Å². The SMILES string of the molecule is CCN(CC(=O)NC(C)C)C(=O)c1cccc(OCc2cccc(Cl)c2)c1. The molecule has 0 spiro atoms. The molecule has 1 N–H and O–H groups in total. The summed E-state index contributed by atoms with van der Waals surface area (Å²) < 4.78 is 5.78. The van der Waals surface area contributed by atoms with Crippen molar-refractivity contribution in [2.24, 2.45) is 0 Å². The average molecular weight is 389 g/mol. The van der Waals surface area contributed by atoms with E-state index in [1.807, 2.05) is 39.0 Å². The minimum Gasteiger partial charge on any atom is -0.489 e. The molecule has 0 aliphatic rings. The van der Waals surface area contributed by atoms with E-state index in [4.69, 9.17) is 16.3 Å². The lowest BCUT2D eigenvalue weighted by atomic mass is 10.2. The fourth-order valence-corrected chi connectivity index (χ4v) is 2.78. The smallest absolute Gasteiger partial charge is 0.254 e. The van der Waals surface area contributed by atoms with Crippen LogP contribution in [0.4, 0.5) is 0 Å². The van der Waals surface area contributed by atoms with Gasteiger partial charge in [-0.25, -0.2) is 0 Å². The number of benzene rings is 2. The van der Waals surface area contributed by atoms with Crippen LogP contribution < -0.4 is 10.1 Å². The highest BCUT2D eigenvalue weighted by molar-refractivity contribution is 6.30. The van der Waals surface area contributed by atoms with Crippen molar-refractivity contribution in [3.8, 4) is 5.75 Å². The van der Waals surface area contributed by atoms with Gasteiger partial charge in [-0.1, -0.05) is 29.8 Å². The van der Waals surface area contributed by atoms with Crippen molar-refractivity contribution in [3.63, 3.8) is 0 Å². The fraction of sp³-hybridized carbons (Fsp3) is 0.333. The predicted octanol–water partition coefficient (Wildman–Crippen LogP) is 3.91.